The van der Waals surface area contributed by atoms with Crippen molar-refractivity contribution in [3.63, 3.8) is 0 Å². The molecule has 0 aliphatic rings. The Balaban J connectivity index is 2.87. The molecule has 3 N–H and O–H groups in total. The van der Waals surface area contributed by atoms with Gasteiger partial charge in [-0.3, -0.25) is 4.79 Å². The van der Waals surface area contributed by atoms with E-state index in [4.69, 9.17) is 5.73 Å². The SMILES string of the molecule is CNC(=O)CCN(C)S(=O)(=O)c1cccc(CN)c1. The van der Waals surface area contributed by atoms with Crippen molar-refractivity contribution in [2.75, 3.05) is 20.6 Å². The molecule has 0 aliphatic carbocycles. The standard InChI is InChI=1S/C12H19N3O3S/c1-14-12(16)6-7-15(2)19(17,18)11-5-3-4-10(8-11)9-13/h3-5,8H,6-7,9,13H2,1-2H3,(H,14,16). The van der Waals surface area contributed by atoms with Crippen molar-refractivity contribution in [2.24, 2.45) is 5.73 Å². The van der Waals surface area contributed by atoms with Crippen molar-refractivity contribution in [1.82, 2.24) is 9.62 Å². The van der Waals surface area contributed by atoms with Gasteiger partial charge in [0.15, 0.2) is 0 Å². The summed E-state index contributed by atoms with van der Waals surface area (Å²) in [5, 5.41) is 2.45. The highest BCUT2D eigenvalue weighted by molar-refractivity contribution is 7.89. The fourth-order valence-corrected chi connectivity index (χ4v) is 2.76. The molecule has 0 spiro atoms. The van der Waals surface area contributed by atoms with Crippen LogP contribution in [0.5, 0.6) is 0 Å². The largest absolute Gasteiger partial charge is 0.359 e. The molecule has 1 rings (SSSR count). The van der Waals surface area contributed by atoms with E-state index in [1.807, 2.05) is 0 Å². The Kier molecular flexibility index (Phi) is 5.46. The van der Waals surface area contributed by atoms with Crippen LogP contribution in [0.4, 0.5) is 0 Å². The summed E-state index contributed by atoms with van der Waals surface area (Å²) in [6.07, 6.45) is 0.128. The smallest absolute Gasteiger partial charge is 0.242 e. The molecular weight excluding hydrogens is 266 g/mol. The predicted molar refractivity (Wildman–Crippen MR) is 72.8 cm³/mol. The van der Waals surface area contributed by atoms with Crippen molar-refractivity contribution in [2.45, 2.75) is 17.9 Å². The van der Waals surface area contributed by atoms with Crippen molar-refractivity contribution in [1.29, 1.82) is 0 Å². The summed E-state index contributed by atoms with van der Waals surface area (Å²) in [5.74, 6) is -0.197. The number of nitrogens with zero attached hydrogens (tertiary/aromatic N) is 1. The Bertz CT molecular complexity index is 543. The first kappa shape index (κ1) is 15.6. The van der Waals surface area contributed by atoms with Crippen molar-refractivity contribution in [3.8, 4) is 0 Å². The molecule has 0 heterocycles. The van der Waals surface area contributed by atoms with Gasteiger partial charge < -0.3 is 11.1 Å². The predicted octanol–water partition coefficient (Wildman–Crippen LogP) is -0.0981. The van der Waals surface area contributed by atoms with Crippen LogP contribution in [-0.2, 0) is 21.4 Å². The zero-order valence-corrected chi connectivity index (χ0v) is 11.9. The molecule has 1 aromatic rings. The topological polar surface area (TPSA) is 92.5 Å². The number of amides is 1. The van der Waals surface area contributed by atoms with Gasteiger partial charge in [0.25, 0.3) is 0 Å². The molecule has 0 aromatic heterocycles. The number of sulfonamides is 1. The van der Waals surface area contributed by atoms with E-state index in [-0.39, 0.29) is 30.3 Å². The first-order valence-electron chi connectivity index (χ1n) is 5.87. The number of carbonyl (C=O) groups is 1. The zero-order chi connectivity index (χ0) is 14.5. The van der Waals surface area contributed by atoms with Gasteiger partial charge in [-0.05, 0) is 17.7 Å². The van der Waals surface area contributed by atoms with Crippen molar-refractivity contribution < 1.29 is 13.2 Å². The van der Waals surface area contributed by atoms with E-state index in [0.717, 1.165) is 9.87 Å². The zero-order valence-electron chi connectivity index (χ0n) is 11.1. The van der Waals surface area contributed by atoms with Crippen molar-refractivity contribution in [3.05, 3.63) is 29.8 Å². The van der Waals surface area contributed by atoms with Gasteiger partial charge in [-0.1, -0.05) is 12.1 Å². The highest BCUT2D eigenvalue weighted by atomic mass is 32.2. The average molecular weight is 285 g/mol. The van der Waals surface area contributed by atoms with Crippen LogP contribution in [-0.4, -0.2) is 39.3 Å². The van der Waals surface area contributed by atoms with Gasteiger partial charge in [0.1, 0.15) is 0 Å². The third-order valence-electron chi connectivity index (χ3n) is 2.77. The molecule has 106 valence electrons. The van der Waals surface area contributed by atoms with Gasteiger partial charge in [0.05, 0.1) is 4.90 Å². The fraction of sp³-hybridized carbons (Fsp3) is 0.417. The quantitative estimate of drug-likeness (QED) is 0.763. The third kappa shape index (κ3) is 4.02. The first-order chi connectivity index (χ1) is 8.91. The molecule has 0 saturated heterocycles. The second-order valence-corrected chi connectivity index (χ2v) is 6.15. The minimum absolute atomic E-state index is 0.128. The fourth-order valence-electron chi connectivity index (χ4n) is 1.52. The monoisotopic (exact) mass is 285 g/mol. The summed E-state index contributed by atoms with van der Waals surface area (Å²) in [6, 6.07) is 6.49. The summed E-state index contributed by atoms with van der Waals surface area (Å²) in [7, 11) is -0.610. The molecule has 0 saturated carbocycles. The Labute approximate surface area is 113 Å². The number of hydrogen-bond acceptors (Lipinski definition) is 4. The van der Waals surface area contributed by atoms with Crippen LogP contribution in [0.3, 0.4) is 0 Å². The lowest BCUT2D eigenvalue weighted by atomic mass is 10.2. The third-order valence-corrected chi connectivity index (χ3v) is 4.63. The number of carbonyl (C=O) groups excluding carboxylic acids is 1. The Morgan fingerprint density at radius 3 is 2.68 bits per heavy atom. The van der Waals surface area contributed by atoms with Gasteiger partial charge in [-0.15, -0.1) is 0 Å². The summed E-state index contributed by atoms with van der Waals surface area (Å²) >= 11 is 0. The number of benzene rings is 1. The molecular formula is C12H19N3O3S. The van der Waals surface area contributed by atoms with E-state index in [0.29, 0.717) is 0 Å². The van der Waals surface area contributed by atoms with Gasteiger partial charge in [-0.2, -0.15) is 0 Å². The summed E-state index contributed by atoms with van der Waals surface area (Å²) in [4.78, 5) is 11.3. The van der Waals surface area contributed by atoms with Gasteiger partial charge in [-0.25, -0.2) is 12.7 Å². The van der Waals surface area contributed by atoms with E-state index in [2.05, 4.69) is 5.32 Å². The highest BCUT2D eigenvalue weighted by Gasteiger charge is 2.21. The normalized spacial score (nSPS) is 11.6. The summed E-state index contributed by atoms with van der Waals surface area (Å²) in [6.45, 7) is 0.417. The lowest BCUT2D eigenvalue weighted by Crippen LogP contribution is -2.31. The maximum Gasteiger partial charge on any atom is 0.242 e. The van der Waals surface area contributed by atoms with Crippen LogP contribution in [0.2, 0.25) is 0 Å². The van der Waals surface area contributed by atoms with Crippen LogP contribution in [0.15, 0.2) is 29.2 Å². The lowest BCUT2D eigenvalue weighted by Gasteiger charge is -2.17. The molecule has 0 radical (unpaired) electrons. The molecule has 0 aliphatic heterocycles. The summed E-state index contributed by atoms with van der Waals surface area (Å²) in [5.41, 5.74) is 6.24. The van der Waals surface area contributed by atoms with Gasteiger partial charge >= 0.3 is 0 Å². The maximum atomic E-state index is 12.3. The highest BCUT2D eigenvalue weighted by Crippen LogP contribution is 2.15. The average Bonchev–Trinajstić information content (AvgIpc) is 2.44. The van der Waals surface area contributed by atoms with E-state index >= 15 is 0 Å². The maximum absolute atomic E-state index is 12.3. The molecule has 6 nitrogen and oxygen atoms in total. The molecule has 19 heavy (non-hydrogen) atoms. The van der Waals surface area contributed by atoms with Crippen LogP contribution in [0, 0.1) is 0 Å². The second-order valence-electron chi connectivity index (χ2n) is 4.10. The minimum Gasteiger partial charge on any atom is -0.359 e. The van der Waals surface area contributed by atoms with E-state index in [1.54, 1.807) is 18.2 Å². The van der Waals surface area contributed by atoms with Gasteiger partial charge in [0.2, 0.25) is 15.9 Å². The van der Waals surface area contributed by atoms with Crippen LogP contribution >= 0.6 is 0 Å². The van der Waals surface area contributed by atoms with Crippen LogP contribution in [0.1, 0.15) is 12.0 Å². The molecule has 0 atom stereocenters. The van der Waals surface area contributed by atoms with Crippen LogP contribution < -0.4 is 11.1 Å². The molecule has 0 unspecified atom stereocenters. The number of hydrogen-bond donors (Lipinski definition) is 2. The van der Waals surface area contributed by atoms with Crippen molar-refractivity contribution >= 4 is 15.9 Å². The second kappa shape index (κ2) is 6.65. The van der Waals surface area contributed by atoms with E-state index in [1.165, 1.54) is 20.2 Å². The number of nitrogens with two attached hydrogens (primary N) is 1. The first-order valence-corrected chi connectivity index (χ1v) is 7.31. The minimum atomic E-state index is -3.58. The van der Waals surface area contributed by atoms with E-state index < -0.39 is 10.0 Å². The number of nitrogens with one attached hydrogen (secondary N) is 1. The number of rotatable bonds is 6. The Morgan fingerprint density at radius 1 is 1.42 bits per heavy atom. The van der Waals surface area contributed by atoms with Crippen LogP contribution in [0.25, 0.3) is 0 Å². The molecule has 1 aromatic carbocycles. The molecule has 1 amide bonds. The lowest BCUT2D eigenvalue weighted by molar-refractivity contribution is -0.120. The van der Waals surface area contributed by atoms with Gasteiger partial charge in [0, 0.05) is 33.6 Å². The molecule has 7 heteroatoms. The molecule has 0 bridgehead atoms. The Hall–Kier alpha value is -1.44. The summed E-state index contributed by atoms with van der Waals surface area (Å²) < 4.78 is 25.7. The Morgan fingerprint density at radius 2 is 2.11 bits per heavy atom. The molecule has 0 fully saturated rings. The van der Waals surface area contributed by atoms with E-state index in [9.17, 15) is 13.2 Å².